The van der Waals surface area contributed by atoms with Crippen LogP contribution < -0.4 is 0 Å². The van der Waals surface area contributed by atoms with Crippen LogP contribution in [0.3, 0.4) is 0 Å². The van der Waals surface area contributed by atoms with E-state index in [4.69, 9.17) is 0 Å². The lowest BCUT2D eigenvalue weighted by atomic mass is 9.90. The molecule has 2 aromatic carbocycles. The van der Waals surface area contributed by atoms with Gasteiger partial charge in [-0.3, -0.25) is 4.79 Å². The van der Waals surface area contributed by atoms with Crippen molar-refractivity contribution in [3.05, 3.63) is 59.7 Å². The monoisotopic (exact) mass is 323 g/mol. The molecule has 1 aliphatic heterocycles. The van der Waals surface area contributed by atoms with Gasteiger partial charge in [-0.15, -0.1) is 0 Å². The van der Waals surface area contributed by atoms with E-state index in [9.17, 15) is 15.0 Å². The molecule has 4 heteroatoms. The molecule has 124 valence electrons. The number of β-amino-alcohol motifs (C(OH)–C–C–N with tert-alkyl or cyclic N) is 1. The number of amides is 1. The zero-order valence-electron chi connectivity index (χ0n) is 13.5. The Morgan fingerprint density at radius 2 is 1.67 bits per heavy atom. The first-order valence-electron chi connectivity index (χ1n) is 8.43. The summed E-state index contributed by atoms with van der Waals surface area (Å²) in [5.41, 5.74) is 3.11. The SMILES string of the molecule is O=C(C1c2ccccc2-c2ccccc21)N1CCC[C@](O)(CO)C1. The molecule has 2 aromatic rings. The van der Waals surface area contributed by atoms with Gasteiger partial charge >= 0.3 is 0 Å². The van der Waals surface area contributed by atoms with Gasteiger partial charge in [0.25, 0.3) is 0 Å². The Kier molecular flexibility index (Phi) is 3.66. The van der Waals surface area contributed by atoms with Crippen LogP contribution in [0.2, 0.25) is 0 Å². The van der Waals surface area contributed by atoms with Crippen molar-refractivity contribution in [2.45, 2.75) is 24.4 Å². The summed E-state index contributed by atoms with van der Waals surface area (Å²) in [4.78, 5) is 15.0. The third-order valence-corrected chi connectivity index (χ3v) is 5.24. The minimum absolute atomic E-state index is 0.0129. The molecule has 0 aromatic heterocycles. The topological polar surface area (TPSA) is 60.8 Å². The van der Waals surface area contributed by atoms with Gasteiger partial charge in [-0.25, -0.2) is 0 Å². The average Bonchev–Trinajstić information content (AvgIpc) is 2.96. The molecule has 0 saturated carbocycles. The maximum Gasteiger partial charge on any atom is 0.234 e. The number of hydrogen-bond acceptors (Lipinski definition) is 3. The van der Waals surface area contributed by atoms with Gasteiger partial charge in [-0.05, 0) is 35.1 Å². The first kappa shape index (κ1) is 15.4. The van der Waals surface area contributed by atoms with Gasteiger partial charge in [0.1, 0.15) is 5.60 Å². The molecule has 0 bridgehead atoms. The summed E-state index contributed by atoms with van der Waals surface area (Å²) in [6.45, 7) is 0.514. The van der Waals surface area contributed by atoms with Crippen LogP contribution in [-0.4, -0.2) is 46.3 Å². The van der Waals surface area contributed by atoms with Crippen molar-refractivity contribution in [2.75, 3.05) is 19.7 Å². The van der Waals surface area contributed by atoms with Gasteiger partial charge in [0, 0.05) is 6.54 Å². The van der Waals surface area contributed by atoms with Crippen molar-refractivity contribution >= 4 is 5.91 Å². The lowest BCUT2D eigenvalue weighted by molar-refractivity contribution is -0.141. The van der Waals surface area contributed by atoms with Crippen molar-refractivity contribution < 1.29 is 15.0 Å². The van der Waals surface area contributed by atoms with Crippen LogP contribution >= 0.6 is 0 Å². The molecule has 24 heavy (non-hydrogen) atoms. The predicted molar refractivity (Wildman–Crippen MR) is 91.6 cm³/mol. The van der Waals surface area contributed by atoms with E-state index < -0.39 is 5.60 Å². The van der Waals surface area contributed by atoms with Crippen molar-refractivity contribution in [1.82, 2.24) is 4.90 Å². The van der Waals surface area contributed by atoms with Crippen molar-refractivity contribution in [3.8, 4) is 11.1 Å². The van der Waals surface area contributed by atoms with E-state index in [1.807, 2.05) is 36.4 Å². The highest BCUT2D eigenvalue weighted by Gasteiger charge is 2.40. The molecule has 0 unspecified atom stereocenters. The van der Waals surface area contributed by atoms with Crippen molar-refractivity contribution in [1.29, 1.82) is 0 Å². The van der Waals surface area contributed by atoms with Crippen LogP contribution in [0.25, 0.3) is 11.1 Å². The highest BCUT2D eigenvalue weighted by atomic mass is 16.3. The van der Waals surface area contributed by atoms with E-state index in [-0.39, 0.29) is 25.0 Å². The highest BCUT2D eigenvalue weighted by molar-refractivity contribution is 5.96. The van der Waals surface area contributed by atoms with Gasteiger partial charge in [0.05, 0.1) is 19.1 Å². The van der Waals surface area contributed by atoms with Crippen LogP contribution in [0.15, 0.2) is 48.5 Å². The summed E-state index contributed by atoms with van der Waals surface area (Å²) in [6, 6.07) is 16.1. The Bertz CT molecular complexity index is 742. The summed E-state index contributed by atoms with van der Waals surface area (Å²) >= 11 is 0. The minimum Gasteiger partial charge on any atom is -0.393 e. The smallest absolute Gasteiger partial charge is 0.234 e. The molecule has 2 aliphatic rings. The Hall–Kier alpha value is -2.17. The molecule has 1 heterocycles. The second-order valence-corrected chi connectivity index (χ2v) is 6.85. The number of nitrogens with zero attached hydrogens (tertiary/aromatic N) is 1. The fourth-order valence-corrected chi connectivity index (χ4v) is 4.03. The van der Waals surface area contributed by atoms with Crippen LogP contribution in [0.1, 0.15) is 29.9 Å². The summed E-state index contributed by atoms with van der Waals surface area (Å²) < 4.78 is 0. The van der Waals surface area contributed by atoms with E-state index in [0.29, 0.717) is 19.4 Å². The molecular weight excluding hydrogens is 302 g/mol. The summed E-state index contributed by atoms with van der Waals surface area (Å²) in [7, 11) is 0. The van der Waals surface area contributed by atoms with Crippen molar-refractivity contribution in [3.63, 3.8) is 0 Å². The molecule has 0 spiro atoms. The molecule has 1 saturated heterocycles. The molecule has 2 N–H and O–H groups in total. The normalized spacial score (nSPS) is 23.0. The molecule has 1 fully saturated rings. The average molecular weight is 323 g/mol. The Morgan fingerprint density at radius 1 is 1.08 bits per heavy atom. The summed E-state index contributed by atoms with van der Waals surface area (Å²) in [5.74, 6) is -0.308. The number of aliphatic hydroxyl groups excluding tert-OH is 1. The largest absolute Gasteiger partial charge is 0.393 e. The number of carbonyl (C=O) groups excluding carboxylic acids is 1. The Morgan fingerprint density at radius 3 is 2.25 bits per heavy atom. The molecule has 0 radical (unpaired) electrons. The third-order valence-electron chi connectivity index (χ3n) is 5.24. The van der Waals surface area contributed by atoms with Gasteiger partial charge in [0.15, 0.2) is 0 Å². The van der Waals surface area contributed by atoms with Crippen LogP contribution in [0, 0.1) is 0 Å². The van der Waals surface area contributed by atoms with E-state index >= 15 is 0 Å². The van der Waals surface area contributed by atoms with E-state index in [1.54, 1.807) is 4.90 Å². The molecule has 4 rings (SSSR count). The third kappa shape index (κ3) is 2.34. The first-order chi connectivity index (χ1) is 11.6. The van der Waals surface area contributed by atoms with Crippen molar-refractivity contribution in [2.24, 2.45) is 0 Å². The maximum absolute atomic E-state index is 13.3. The number of aliphatic hydroxyl groups is 2. The molecule has 1 atom stereocenters. The Balaban J connectivity index is 1.72. The Labute approximate surface area is 141 Å². The molecular formula is C20H21NO3. The fraction of sp³-hybridized carbons (Fsp3) is 0.350. The number of rotatable bonds is 2. The summed E-state index contributed by atoms with van der Waals surface area (Å²) in [6.07, 6.45) is 1.24. The van der Waals surface area contributed by atoms with Gasteiger partial charge in [-0.1, -0.05) is 48.5 Å². The number of piperidine rings is 1. The predicted octanol–water partition coefficient (Wildman–Crippen LogP) is 2.14. The van der Waals surface area contributed by atoms with Gasteiger partial charge in [-0.2, -0.15) is 0 Å². The first-order valence-corrected chi connectivity index (χ1v) is 8.43. The number of carbonyl (C=O) groups is 1. The lowest BCUT2D eigenvalue weighted by Crippen LogP contribution is -2.53. The van der Waals surface area contributed by atoms with E-state index in [2.05, 4.69) is 12.1 Å². The number of hydrogen-bond donors (Lipinski definition) is 2. The van der Waals surface area contributed by atoms with Gasteiger partial charge in [0.2, 0.25) is 5.91 Å². The second-order valence-electron chi connectivity index (χ2n) is 6.85. The van der Waals surface area contributed by atoms with E-state index in [0.717, 1.165) is 22.3 Å². The van der Waals surface area contributed by atoms with E-state index in [1.165, 1.54) is 0 Å². The van der Waals surface area contributed by atoms with Gasteiger partial charge < -0.3 is 15.1 Å². The number of benzene rings is 2. The number of likely N-dealkylation sites (tertiary alicyclic amines) is 1. The fourth-order valence-electron chi connectivity index (χ4n) is 4.03. The minimum atomic E-state index is -1.18. The van der Waals surface area contributed by atoms with Crippen LogP contribution in [0.5, 0.6) is 0 Å². The zero-order valence-corrected chi connectivity index (χ0v) is 13.5. The lowest BCUT2D eigenvalue weighted by Gasteiger charge is -2.39. The van der Waals surface area contributed by atoms with Crippen LogP contribution in [-0.2, 0) is 4.79 Å². The van der Waals surface area contributed by atoms with Crippen LogP contribution in [0.4, 0.5) is 0 Å². The number of fused-ring (bicyclic) bond motifs is 3. The summed E-state index contributed by atoms with van der Waals surface area (Å²) in [5, 5.41) is 19.8. The zero-order chi connectivity index (χ0) is 16.7. The second kappa shape index (κ2) is 5.72. The molecule has 1 amide bonds. The maximum atomic E-state index is 13.3. The standard InChI is InChI=1S/C20H21NO3/c22-13-20(24)10-5-11-21(12-20)19(23)18-16-8-3-1-6-14(16)15-7-2-4-9-17(15)18/h1-4,6-9,18,22,24H,5,10-13H2/t20-/m1/s1. The molecule has 1 aliphatic carbocycles. The quantitative estimate of drug-likeness (QED) is 0.890. The molecule has 4 nitrogen and oxygen atoms in total. The highest BCUT2D eigenvalue weighted by Crippen LogP contribution is 2.45.